The zero-order chi connectivity index (χ0) is 22.5. The number of hydrogen-bond acceptors (Lipinski definition) is 2. The molecule has 1 N–H and O–H groups in total. The second-order valence-electron chi connectivity index (χ2n) is 7.85. The number of benzene rings is 2. The summed E-state index contributed by atoms with van der Waals surface area (Å²) in [5, 5.41) is 4.83. The molecule has 1 aliphatic rings. The first kappa shape index (κ1) is 24.2. The van der Waals surface area contributed by atoms with E-state index in [-0.39, 0.29) is 30.8 Å². The molecule has 2 amide bonds. The lowest BCUT2D eigenvalue weighted by molar-refractivity contribution is -0.140. The normalized spacial score (nSPS) is 15.0. The summed E-state index contributed by atoms with van der Waals surface area (Å²) in [5.41, 5.74) is 1.43. The van der Waals surface area contributed by atoms with E-state index in [1.54, 1.807) is 48.2 Å². The van der Waals surface area contributed by atoms with Crippen molar-refractivity contribution in [3.05, 3.63) is 67.6 Å². The lowest BCUT2D eigenvalue weighted by Crippen LogP contribution is -2.50. The number of halogens is 4. The highest BCUT2D eigenvalue weighted by Gasteiger charge is 2.29. The number of rotatable bonds is 7. The molecule has 0 aliphatic heterocycles. The Kier molecular flexibility index (Phi) is 8.51. The van der Waals surface area contributed by atoms with Gasteiger partial charge in [0.15, 0.2) is 0 Å². The van der Waals surface area contributed by atoms with E-state index in [2.05, 4.69) is 5.32 Å². The zero-order valence-corrected chi connectivity index (χ0v) is 20.2. The van der Waals surface area contributed by atoms with E-state index in [4.69, 9.17) is 46.4 Å². The number of nitrogens with one attached hydrogen (secondary N) is 1. The first-order chi connectivity index (χ1) is 14.7. The molecule has 2 aromatic rings. The number of hydrogen-bond donors (Lipinski definition) is 1. The maximum atomic E-state index is 13.3. The summed E-state index contributed by atoms with van der Waals surface area (Å²) in [6, 6.07) is 9.72. The highest BCUT2D eigenvalue weighted by Crippen LogP contribution is 2.26. The molecule has 0 saturated heterocycles. The summed E-state index contributed by atoms with van der Waals surface area (Å²) in [5.74, 6) is -0.383. The maximum Gasteiger partial charge on any atom is 0.242 e. The second-order valence-corrected chi connectivity index (χ2v) is 9.51. The fourth-order valence-electron chi connectivity index (χ4n) is 3.74. The molecule has 4 nitrogen and oxygen atoms in total. The van der Waals surface area contributed by atoms with Gasteiger partial charge in [-0.3, -0.25) is 9.59 Å². The van der Waals surface area contributed by atoms with Crippen molar-refractivity contribution in [2.75, 3.05) is 0 Å². The van der Waals surface area contributed by atoms with Crippen molar-refractivity contribution in [2.45, 2.75) is 57.7 Å². The minimum absolute atomic E-state index is 0.0539. The highest BCUT2D eigenvalue weighted by molar-refractivity contribution is 6.42. The van der Waals surface area contributed by atoms with E-state index in [0.717, 1.165) is 31.2 Å². The molecule has 1 atom stereocenters. The summed E-state index contributed by atoms with van der Waals surface area (Å²) < 4.78 is 0. The van der Waals surface area contributed by atoms with Crippen LogP contribution in [0.3, 0.4) is 0 Å². The number of amides is 2. The first-order valence-electron chi connectivity index (χ1n) is 10.2. The van der Waals surface area contributed by atoms with Crippen LogP contribution in [0.5, 0.6) is 0 Å². The molecule has 0 aromatic heterocycles. The van der Waals surface area contributed by atoms with Crippen LogP contribution in [0.2, 0.25) is 20.1 Å². The standard InChI is InChI=1S/C23H24Cl4N2O2/c1-14(23(31)28-18-4-2-3-5-18)29(13-15-6-9-19(25)21(27)10-15)22(30)11-16-7-8-17(24)12-20(16)26/h6-10,12,14,18H,2-5,11,13H2,1H3,(H,28,31)/t14-/m1/s1. The summed E-state index contributed by atoms with van der Waals surface area (Å²) in [7, 11) is 0. The van der Waals surface area contributed by atoms with Gasteiger partial charge in [-0.25, -0.2) is 0 Å². The SMILES string of the molecule is C[C@H](C(=O)NC1CCCC1)N(Cc1ccc(Cl)c(Cl)c1)C(=O)Cc1ccc(Cl)cc1Cl. The molecule has 1 saturated carbocycles. The molecule has 31 heavy (non-hydrogen) atoms. The second kappa shape index (κ2) is 10.9. The van der Waals surface area contributed by atoms with Gasteiger partial charge in [0.2, 0.25) is 11.8 Å². The quantitative estimate of drug-likeness (QED) is 0.482. The van der Waals surface area contributed by atoms with Gasteiger partial charge in [0.05, 0.1) is 16.5 Å². The van der Waals surface area contributed by atoms with Crippen LogP contribution in [-0.4, -0.2) is 28.8 Å². The minimum Gasteiger partial charge on any atom is -0.352 e. The van der Waals surface area contributed by atoms with E-state index < -0.39 is 6.04 Å². The van der Waals surface area contributed by atoms with Crippen molar-refractivity contribution in [1.29, 1.82) is 0 Å². The van der Waals surface area contributed by atoms with E-state index in [1.807, 2.05) is 0 Å². The summed E-state index contributed by atoms with van der Waals surface area (Å²) in [6.07, 6.45) is 4.22. The molecule has 0 bridgehead atoms. The molecular weight excluding hydrogens is 478 g/mol. The monoisotopic (exact) mass is 500 g/mol. The molecule has 0 heterocycles. The average Bonchev–Trinajstić information content (AvgIpc) is 3.23. The Balaban J connectivity index is 1.81. The molecular formula is C23H24Cl4N2O2. The average molecular weight is 502 g/mol. The van der Waals surface area contributed by atoms with Crippen molar-refractivity contribution < 1.29 is 9.59 Å². The predicted octanol–water partition coefficient (Wildman–Crippen LogP) is 6.32. The Hall–Kier alpha value is -1.46. The van der Waals surface area contributed by atoms with Crippen molar-refractivity contribution in [3.63, 3.8) is 0 Å². The van der Waals surface area contributed by atoms with E-state index in [9.17, 15) is 9.59 Å². The van der Waals surface area contributed by atoms with Crippen LogP contribution in [0.1, 0.15) is 43.7 Å². The van der Waals surface area contributed by atoms with Crippen LogP contribution < -0.4 is 5.32 Å². The van der Waals surface area contributed by atoms with Gasteiger partial charge in [-0.15, -0.1) is 0 Å². The molecule has 166 valence electrons. The van der Waals surface area contributed by atoms with Crippen LogP contribution in [0.25, 0.3) is 0 Å². The molecule has 0 spiro atoms. The van der Waals surface area contributed by atoms with Crippen LogP contribution >= 0.6 is 46.4 Å². The van der Waals surface area contributed by atoms with Crippen LogP contribution in [0, 0.1) is 0 Å². The van der Waals surface area contributed by atoms with Crippen LogP contribution in [-0.2, 0) is 22.6 Å². The Morgan fingerprint density at radius 2 is 1.71 bits per heavy atom. The molecule has 8 heteroatoms. The van der Waals surface area contributed by atoms with Gasteiger partial charge < -0.3 is 10.2 Å². The molecule has 0 radical (unpaired) electrons. The van der Waals surface area contributed by atoms with E-state index >= 15 is 0 Å². The third-order valence-corrected chi connectivity index (χ3v) is 6.89. The van der Waals surface area contributed by atoms with Gasteiger partial charge in [0.25, 0.3) is 0 Å². The first-order valence-corrected chi connectivity index (χ1v) is 11.7. The summed E-state index contributed by atoms with van der Waals surface area (Å²) in [4.78, 5) is 27.8. The van der Waals surface area contributed by atoms with Gasteiger partial charge in [-0.2, -0.15) is 0 Å². The van der Waals surface area contributed by atoms with Crippen LogP contribution in [0.4, 0.5) is 0 Å². The third kappa shape index (κ3) is 6.52. The van der Waals surface area contributed by atoms with E-state index in [1.165, 1.54) is 0 Å². The summed E-state index contributed by atoms with van der Waals surface area (Å²) >= 11 is 24.4. The van der Waals surface area contributed by atoms with Gasteiger partial charge in [0.1, 0.15) is 6.04 Å². The Labute approximate surface area is 202 Å². The number of nitrogens with zero attached hydrogens (tertiary/aromatic N) is 1. The Bertz CT molecular complexity index is 961. The topological polar surface area (TPSA) is 49.4 Å². The highest BCUT2D eigenvalue weighted by atomic mass is 35.5. The third-order valence-electron chi connectivity index (χ3n) is 5.56. The molecule has 1 fully saturated rings. The number of carbonyl (C=O) groups excluding carboxylic acids is 2. The fourth-order valence-corrected chi connectivity index (χ4v) is 4.53. The lowest BCUT2D eigenvalue weighted by atomic mass is 10.1. The Morgan fingerprint density at radius 1 is 1.00 bits per heavy atom. The van der Waals surface area contributed by atoms with Gasteiger partial charge in [0, 0.05) is 22.6 Å². The van der Waals surface area contributed by atoms with Gasteiger partial charge in [-0.05, 0) is 55.2 Å². The minimum atomic E-state index is -0.659. The van der Waals surface area contributed by atoms with Crippen molar-refractivity contribution in [1.82, 2.24) is 10.2 Å². The summed E-state index contributed by atoms with van der Waals surface area (Å²) in [6.45, 7) is 1.96. The number of carbonyl (C=O) groups is 2. The lowest BCUT2D eigenvalue weighted by Gasteiger charge is -2.30. The van der Waals surface area contributed by atoms with E-state index in [0.29, 0.717) is 25.7 Å². The van der Waals surface area contributed by atoms with Gasteiger partial charge >= 0.3 is 0 Å². The largest absolute Gasteiger partial charge is 0.352 e. The molecule has 2 aromatic carbocycles. The molecule has 3 rings (SSSR count). The van der Waals surface area contributed by atoms with Crippen LogP contribution in [0.15, 0.2) is 36.4 Å². The predicted molar refractivity (Wildman–Crippen MR) is 127 cm³/mol. The van der Waals surface area contributed by atoms with Crippen molar-refractivity contribution in [3.8, 4) is 0 Å². The molecule has 0 unspecified atom stereocenters. The smallest absolute Gasteiger partial charge is 0.242 e. The van der Waals surface area contributed by atoms with Gasteiger partial charge in [-0.1, -0.05) is 71.4 Å². The molecule has 1 aliphatic carbocycles. The van der Waals surface area contributed by atoms with Crippen molar-refractivity contribution >= 4 is 58.2 Å². The Morgan fingerprint density at radius 3 is 2.35 bits per heavy atom. The zero-order valence-electron chi connectivity index (χ0n) is 17.1. The van der Waals surface area contributed by atoms with Crippen molar-refractivity contribution in [2.24, 2.45) is 0 Å². The fraction of sp³-hybridized carbons (Fsp3) is 0.391. The maximum absolute atomic E-state index is 13.3.